The van der Waals surface area contributed by atoms with E-state index in [9.17, 15) is 18.0 Å². The lowest BCUT2D eigenvalue weighted by Crippen LogP contribution is -2.44. The molecular formula is C27H33ClN2O5S. The molecule has 0 aliphatic carbocycles. The van der Waals surface area contributed by atoms with Crippen LogP contribution in [0.15, 0.2) is 47.4 Å². The predicted octanol–water partition coefficient (Wildman–Crippen LogP) is 5.53. The third kappa shape index (κ3) is 5.30. The van der Waals surface area contributed by atoms with Crippen molar-refractivity contribution in [3.05, 3.63) is 64.3 Å². The number of hydrogen-bond donors (Lipinski definition) is 1. The first-order chi connectivity index (χ1) is 16.5. The maximum Gasteiger partial charge on any atom is 0.327 e. The highest BCUT2D eigenvalue weighted by molar-refractivity contribution is 7.93. The first-order valence-electron chi connectivity index (χ1n) is 11.6. The Balaban J connectivity index is 1.81. The van der Waals surface area contributed by atoms with E-state index in [1.54, 1.807) is 43.5 Å². The van der Waals surface area contributed by atoms with E-state index < -0.39 is 32.2 Å². The molecule has 0 unspecified atom stereocenters. The van der Waals surface area contributed by atoms with E-state index in [1.807, 2.05) is 33.0 Å². The van der Waals surface area contributed by atoms with Gasteiger partial charge in [0.1, 0.15) is 11.3 Å². The van der Waals surface area contributed by atoms with Crippen LogP contribution in [0.1, 0.15) is 69.2 Å². The summed E-state index contributed by atoms with van der Waals surface area (Å²) in [7, 11) is -2.22. The van der Waals surface area contributed by atoms with E-state index in [-0.39, 0.29) is 10.8 Å². The molecule has 0 aliphatic rings. The number of hydrogen-bond acceptors (Lipinski definition) is 5. The van der Waals surface area contributed by atoms with E-state index in [1.165, 1.54) is 26.0 Å². The third-order valence-electron chi connectivity index (χ3n) is 6.09. The van der Waals surface area contributed by atoms with Gasteiger partial charge in [0, 0.05) is 12.4 Å². The molecule has 1 aromatic heterocycles. The number of halogens is 1. The number of rotatable bonds is 6. The molecule has 1 atom stereocenters. The summed E-state index contributed by atoms with van der Waals surface area (Å²) in [6.45, 7) is 11.5. The molecule has 0 saturated heterocycles. The molecule has 1 amide bonds. The zero-order valence-corrected chi connectivity index (χ0v) is 23.5. The van der Waals surface area contributed by atoms with Crippen molar-refractivity contribution in [1.29, 1.82) is 0 Å². The van der Waals surface area contributed by atoms with Gasteiger partial charge in [-0.3, -0.25) is 9.59 Å². The Bertz CT molecular complexity index is 1430. The number of amides is 1. The minimum atomic E-state index is -4.02. The summed E-state index contributed by atoms with van der Waals surface area (Å²) in [5.41, 5.74) is 2.22. The second-order valence-corrected chi connectivity index (χ2v) is 13.5. The van der Waals surface area contributed by atoms with Gasteiger partial charge in [-0.2, -0.15) is 0 Å². The zero-order chi connectivity index (χ0) is 27.2. The fourth-order valence-electron chi connectivity index (χ4n) is 3.83. The molecule has 7 nitrogen and oxygen atoms in total. The average Bonchev–Trinajstić information content (AvgIpc) is 3.09. The standard InChI is InChI=1S/C27H33ClN2O5S/c1-16-13-21(28)20-15-23(30(8)22(20)14-16)24(31)29-17(2)18-9-11-19(12-10-18)36(33,34)27(6,7)25(32)35-26(3,4)5/h9-15,17H,1-8H3,(H,29,31)/t17-/m1/s1. The van der Waals surface area contributed by atoms with Gasteiger partial charge in [-0.05, 0) is 89.9 Å². The van der Waals surface area contributed by atoms with Gasteiger partial charge in [0.2, 0.25) is 0 Å². The minimum absolute atomic E-state index is 0.000619. The number of aryl methyl sites for hydroxylation is 2. The molecular weight excluding hydrogens is 500 g/mol. The van der Waals surface area contributed by atoms with Crippen LogP contribution in [-0.2, 0) is 26.4 Å². The van der Waals surface area contributed by atoms with Crippen LogP contribution in [0.4, 0.5) is 0 Å². The quantitative estimate of drug-likeness (QED) is 0.421. The molecule has 0 bridgehead atoms. The Kier molecular flexibility index (Phi) is 7.37. The molecule has 3 aromatic rings. The molecule has 0 spiro atoms. The lowest BCUT2D eigenvalue weighted by Gasteiger charge is -2.28. The fourth-order valence-corrected chi connectivity index (χ4v) is 5.50. The van der Waals surface area contributed by atoms with Crippen LogP contribution < -0.4 is 5.32 Å². The first-order valence-corrected chi connectivity index (χ1v) is 13.5. The molecule has 194 valence electrons. The molecule has 2 aromatic carbocycles. The molecule has 0 radical (unpaired) electrons. The van der Waals surface area contributed by atoms with Gasteiger partial charge in [-0.25, -0.2) is 8.42 Å². The third-order valence-corrected chi connectivity index (χ3v) is 8.80. The maximum absolute atomic E-state index is 13.2. The van der Waals surface area contributed by atoms with Crippen LogP contribution in [0.25, 0.3) is 10.9 Å². The molecule has 0 fully saturated rings. The van der Waals surface area contributed by atoms with Crippen LogP contribution in [0, 0.1) is 6.92 Å². The summed E-state index contributed by atoms with van der Waals surface area (Å²) in [5.74, 6) is -1.09. The van der Waals surface area contributed by atoms with E-state index in [0.29, 0.717) is 16.3 Å². The second-order valence-electron chi connectivity index (χ2n) is 10.5. The number of carbonyl (C=O) groups is 2. The van der Waals surface area contributed by atoms with E-state index in [4.69, 9.17) is 16.3 Å². The Morgan fingerprint density at radius 3 is 2.17 bits per heavy atom. The number of ether oxygens (including phenoxy) is 1. The summed E-state index contributed by atoms with van der Waals surface area (Å²) < 4.78 is 31.8. The van der Waals surface area contributed by atoms with Crippen molar-refractivity contribution < 1.29 is 22.7 Å². The zero-order valence-electron chi connectivity index (χ0n) is 21.9. The smallest absolute Gasteiger partial charge is 0.327 e. The fraction of sp³-hybridized carbons (Fsp3) is 0.407. The van der Waals surface area contributed by atoms with E-state index in [0.717, 1.165) is 16.5 Å². The van der Waals surface area contributed by atoms with Crippen molar-refractivity contribution in [3.63, 3.8) is 0 Å². The van der Waals surface area contributed by atoms with Gasteiger partial charge < -0.3 is 14.6 Å². The van der Waals surface area contributed by atoms with Crippen LogP contribution >= 0.6 is 11.6 Å². The van der Waals surface area contributed by atoms with E-state index >= 15 is 0 Å². The number of benzene rings is 2. The van der Waals surface area contributed by atoms with Gasteiger partial charge >= 0.3 is 5.97 Å². The Hall–Kier alpha value is -2.84. The molecule has 36 heavy (non-hydrogen) atoms. The number of fused-ring (bicyclic) bond motifs is 1. The van der Waals surface area contributed by atoms with Crippen molar-refractivity contribution in [2.75, 3.05) is 0 Å². The summed E-state index contributed by atoms with van der Waals surface area (Å²) in [6.07, 6.45) is 0. The number of nitrogens with one attached hydrogen (secondary N) is 1. The highest BCUT2D eigenvalue weighted by Gasteiger charge is 2.45. The van der Waals surface area contributed by atoms with Crippen molar-refractivity contribution in [1.82, 2.24) is 9.88 Å². The monoisotopic (exact) mass is 532 g/mol. The van der Waals surface area contributed by atoms with Crippen LogP contribution in [0.2, 0.25) is 5.02 Å². The normalized spacial score (nSPS) is 13.5. The highest BCUT2D eigenvalue weighted by Crippen LogP contribution is 2.30. The number of carbonyl (C=O) groups excluding carboxylic acids is 2. The van der Waals surface area contributed by atoms with Crippen LogP contribution in [0.5, 0.6) is 0 Å². The van der Waals surface area contributed by atoms with Gasteiger partial charge in [0.15, 0.2) is 14.6 Å². The van der Waals surface area contributed by atoms with Crippen LogP contribution in [0.3, 0.4) is 0 Å². The van der Waals surface area contributed by atoms with Gasteiger partial charge in [0.05, 0.1) is 21.5 Å². The maximum atomic E-state index is 13.2. The van der Waals surface area contributed by atoms with Gasteiger partial charge in [0.25, 0.3) is 5.91 Å². The SMILES string of the molecule is Cc1cc(Cl)c2cc(C(=O)N[C@H](C)c3ccc(S(=O)(=O)C(C)(C)C(=O)OC(C)(C)C)cc3)n(C)c2c1. The first kappa shape index (κ1) is 27.7. The summed E-state index contributed by atoms with van der Waals surface area (Å²) in [6, 6.07) is 11.3. The number of nitrogens with zero attached hydrogens (tertiary/aromatic N) is 1. The number of sulfone groups is 1. The molecule has 1 N–H and O–H groups in total. The van der Waals surface area contributed by atoms with Crippen molar-refractivity contribution in [2.45, 2.75) is 69.8 Å². The van der Waals surface area contributed by atoms with Crippen molar-refractivity contribution in [3.8, 4) is 0 Å². The lowest BCUT2D eigenvalue weighted by atomic mass is 10.1. The molecule has 3 rings (SSSR count). The molecule has 9 heteroatoms. The number of aromatic nitrogens is 1. The second kappa shape index (κ2) is 9.56. The Labute approximate surface area is 217 Å². The van der Waals surface area contributed by atoms with Gasteiger partial charge in [-0.15, -0.1) is 0 Å². The molecule has 0 aliphatic heterocycles. The molecule has 1 heterocycles. The summed E-state index contributed by atoms with van der Waals surface area (Å²) in [4.78, 5) is 25.6. The van der Waals surface area contributed by atoms with Crippen LogP contribution in [-0.4, -0.2) is 35.2 Å². The Morgan fingerprint density at radius 2 is 1.61 bits per heavy atom. The average molecular weight is 533 g/mol. The largest absolute Gasteiger partial charge is 0.459 e. The van der Waals surface area contributed by atoms with Crippen molar-refractivity contribution >= 4 is 44.2 Å². The lowest BCUT2D eigenvalue weighted by molar-refractivity contribution is -0.157. The topological polar surface area (TPSA) is 94.5 Å². The highest BCUT2D eigenvalue weighted by atomic mass is 35.5. The minimum Gasteiger partial charge on any atom is -0.459 e. The molecule has 0 saturated carbocycles. The van der Waals surface area contributed by atoms with Gasteiger partial charge in [-0.1, -0.05) is 23.7 Å². The van der Waals surface area contributed by atoms with E-state index in [2.05, 4.69) is 5.32 Å². The predicted molar refractivity (Wildman–Crippen MR) is 142 cm³/mol. The summed E-state index contributed by atoms with van der Waals surface area (Å²) in [5, 5.41) is 4.33. The number of esters is 1. The summed E-state index contributed by atoms with van der Waals surface area (Å²) >= 11 is 6.37. The Morgan fingerprint density at radius 1 is 1.03 bits per heavy atom. The van der Waals surface area contributed by atoms with Crippen molar-refractivity contribution in [2.24, 2.45) is 7.05 Å².